The Morgan fingerprint density at radius 3 is 2.50 bits per heavy atom. The second-order valence-corrected chi connectivity index (χ2v) is 8.60. The number of fused-ring (bicyclic) bond motifs is 1. The highest BCUT2D eigenvalue weighted by Crippen LogP contribution is 2.27. The van der Waals surface area contributed by atoms with Crippen LogP contribution in [0.4, 0.5) is 5.69 Å². The van der Waals surface area contributed by atoms with Gasteiger partial charge < -0.3 is 0 Å². The number of amidine groups is 1. The number of aryl methyl sites for hydroxylation is 1. The number of hydrogen-bond acceptors (Lipinski definition) is 5. The van der Waals surface area contributed by atoms with E-state index in [-0.39, 0.29) is 30.7 Å². The number of thioether (sulfide) groups is 1. The minimum Gasteiger partial charge on any atom is -0.291 e. The molecule has 0 aliphatic carbocycles. The number of benzene rings is 2. The molecule has 6 nitrogen and oxygen atoms in total. The Labute approximate surface area is 183 Å². The number of amides is 3. The molecule has 3 amide bonds. The van der Waals surface area contributed by atoms with Crippen LogP contribution < -0.4 is 0 Å². The molecular weight excluding hydrogens is 422 g/mol. The SMILES string of the molecule is Cc1ccc(N=C2SCCCN2C(=O)CCN2C(=O)c3ccccc3C2=O)cc1Cl. The molecule has 1 saturated heterocycles. The first-order valence-corrected chi connectivity index (χ1v) is 11.1. The summed E-state index contributed by atoms with van der Waals surface area (Å²) in [5.41, 5.74) is 2.43. The van der Waals surface area contributed by atoms with Crippen LogP contribution in [0.1, 0.15) is 39.1 Å². The van der Waals surface area contributed by atoms with Crippen LogP contribution in [-0.4, -0.2) is 51.5 Å². The third-order valence-electron chi connectivity index (χ3n) is 5.10. The van der Waals surface area contributed by atoms with Crippen molar-refractivity contribution in [2.24, 2.45) is 4.99 Å². The van der Waals surface area contributed by atoms with Crippen LogP contribution in [-0.2, 0) is 4.79 Å². The van der Waals surface area contributed by atoms with Crippen LogP contribution in [0, 0.1) is 6.92 Å². The zero-order valence-electron chi connectivity index (χ0n) is 16.4. The molecular formula is C22H20ClN3O3S. The largest absolute Gasteiger partial charge is 0.291 e. The zero-order valence-corrected chi connectivity index (χ0v) is 18.0. The number of hydrogen-bond donors (Lipinski definition) is 0. The Balaban J connectivity index is 1.47. The van der Waals surface area contributed by atoms with Gasteiger partial charge in [-0.3, -0.25) is 24.2 Å². The van der Waals surface area contributed by atoms with E-state index >= 15 is 0 Å². The lowest BCUT2D eigenvalue weighted by atomic mass is 10.1. The number of halogens is 1. The van der Waals surface area contributed by atoms with Crippen LogP contribution in [0.25, 0.3) is 0 Å². The van der Waals surface area contributed by atoms with E-state index in [1.54, 1.807) is 35.2 Å². The molecule has 0 N–H and O–H groups in total. The van der Waals surface area contributed by atoms with Gasteiger partial charge in [0.2, 0.25) is 5.91 Å². The monoisotopic (exact) mass is 441 g/mol. The van der Waals surface area contributed by atoms with Gasteiger partial charge >= 0.3 is 0 Å². The summed E-state index contributed by atoms with van der Waals surface area (Å²) in [7, 11) is 0. The highest BCUT2D eigenvalue weighted by Gasteiger charge is 2.35. The van der Waals surface area contributed by atoms with Crippen molar-refractivity contribution < 1.29 is 14.4 Å². The molecule has 0 spiro atoms. The van der Waals surface area contributed by atoms with Crippen molar-refractivity contribution in [1.29, 1.82) is 0 Å². The molecule has 1 fully saturated rings. The summed E-state index contributed by atoms with van der Waals surface area (Å²) in [6.45, 7) is 2.53. The van der Waals surface area contributed by atoms with E-state index in [0.29, 0.717) is 33.5 Å². The van der Waals surface area contributed by atoms with Crippen LogP contribution in [0.15, 0.2) is 47.5 Å². The van der Waals surface area contributed by atoms with Crippen molar-refractivity contribution in [2.75, 3.05) is 18.8 Å². The van der Waals surface area contributed by atoms with Gasteiger partial charge in [0.1, 0.15) is 0 Å². The third-order valence-corrected chi connectivity index (χ3v) is 6.57. The van der Waals surface area contributed by atoms with Crippen molar-refractivity contribution >= 4 is 51.9 Å². The lowest BCUT2D eigenvalue weighted by Gasteiger charge is -2.28. The number of aliphatic imine (C=N–C) groups is 1. The van der Waals surface area contributed by atoms with Crippen molar-refractivity contribution in [1.82, 2.24) is 9.80 Å². The Morgan fingerprint density at radius 1 is 1.13 bits per heavy atom. The van der Waals surface area contributed by atoms with Crippen molar-refractivity contribution in [3.05, 3.63) is 64.2 Å². The normalized spacial score (nSPS) is 17.6. The maximum absolute atomic E-state index is 12.9. The van der Waals surface area contributed by atoms with E-state index in [2.05, 4.69) is 4.99 Å². The minimum absolute atomic E-state index is 0.0516. The number of nitrogens with zero attached hydrogens (tertiary/aromatic N) is 3. The summed E-state index contributed by atoms with van der Waals surface area (Å²) >= 11 is 7.71. The van der Waals surface area contributed by atoms with E-state index in [1.165, 1.54) is 11.8 Å². The first kappa shape index (κ1) is 20.6. The summed E-state index contributed by atoms with van der Waals surface area (Å²) in [6.07, 6.45) is 0.913. The van der Waals surface area contributed by atoms with Crippen molar-refractivity contribution in [3.8, 4) is 0 Å². The van der Waals surface area contributed by atoms with Crippen LogP contribution in [0.3, 0.4) is 0 Å². The second kappa shape index (κ2) is 8.62. The molecule has 4 rings (SSSR count). The summed E-state index contributed by atoms with van der Waals surface area (Å²) < 4.78 is 0. The second-order valence-electron chi connectivity index (χ2n) is 7.13. The highest BCUT2D eigenvalue weighted by molar-refractivity contribution is 8.13. The molecule has 2 aliphatic heterocycles. The summed E-state index contributed by atoms with van der Waals surface area (Å²) in [5.74, 6) is 0.0237. The molecule has 0 saturated carbocycles. The molecule has 2 aromatic rings. The molecule has 0 radical (unpaired) electrons. The molecule has 2 heterocycles. The average Bonchev–Trinajstić information content (AvgIpc) is 3.00. The summed E-state index contributed by atoms with van der Waals surface area (Å²) in [4.78, 5) is 45.3. The van der Waals surface area contributed by atoms with Crippen LogP contribution >= 0.6 is 23.4 Å². The van der Waals surface area contributed by atoms with E-state index in [0.717, 1.165) is 22.6 Å². The minimum atomic E-state index is -0.348. The number of rotatable bonds is 4. The smallest absolute Gasteiger partial charge is 0.261 e. The van der Waals surface area contributed by atoms with Gasteiger partial charge in [0.25, 0.3) is 11.8 Å². The van der Waals surface area contributed by atoms with Gasteiger partial charge in [-0.2, -0.15) is 0 Å². The predicted octanol–water partition coefficient (Wildman–Crippen LogP) is 4.29. The molecule has 30 heavy (non-hydrogen) atoms. The topological polar surface area (TPSA) is 70.1 Å². The maximum atomic E-state index is 12.9. The first-order chi connectivity index (χ1) is 14.5. The lowest BCUT2D eigenvalue weighted by molar-refractivity contribution is -0.127. The van der Waals surface area contributed by atoms with Gasteiger partial charge in [-0.1, -0.05) is 41.6 Å². The zero-order chi connectivity index (χ0) is 21.3. The predicted molar refractivity (Wildman–Crippen MR) is 118 cm³/mol. The van der Waals surface area contributed by atoms with Crippen molar-refractivity contribution in [3.63, 3.8) is 0 Å². The fourth-order valence-corrected chi connectivity index (χ4v) is 4.58. The molecule has 0 unspecified atom stereocenters. The Bertz CT molecular complexity index is 1030. The Hall–Kier alpha value is -2.64. The van der Waals surface area contributed by atoms with Gasteiger partial charge in [0.05, 0.1) is 16.8 Å². The molecule has 8 heteroatoms. The molecule has 0 atom stereocenters. The van der Waals surface area contributed by atoms with Gasteiger partial charge in [-0.05, 0) is 43.2 Å². The standard InChI is InChI=1S/C22H20ClN3O3S/c1-14-7-8-15(13-18(14)23)24-22-25(10-4-12-30-22)19(27)9-11-26-20(28)16-5-2-3-6-17(16)21(26)29/h2-3,5-8,13H,4,9-12H2,1H3. The molecule has 2 aliphatic rings. The summed E-state index contributed by atoms with van der Waals surface area (Å²) in [6, 6.07) is 12.3. The fraction of sp³-hybridized carbons (Fsp3) is 0.273. The lowest BCUT2D eigenvalue weighted by Crippen LogP contribution is -2.41. The van der Waals surface area contributed by atoms with Crippen LogP contribution in [0.2, 0.25) is 5.02 Å². The highest BCUT2D eigenvalue weighted by atomic mass is 35.5. The van der Waals surface area contributed by atoms with Gasteiger partial charge in [0.15, 0.2) is 5.17 Å². The maximum Gasteiger partial charge on any atom is 0.261 e. The van der Waals surface area contributed by atoms with E-state index in [9.17, 15) is 14.4 Å². The fourth-order valence-electron chi connectivity index (χ4n) is 3.43. The van der Waals surface area contributed by atoms with Gasteiger partial charge in [-0.25, -0.2) is 4.99 Å². The number of carbonyl (C=O) groups is 3. The van der Waals surface area contributed by atoms with Gasteiger partial charge in [0, 0.05) is 30.3 Å². The first-order valence-electron chi connectivity index (χ1n) is 9.69. The van der Waals surface area contributed by atoms with Crippen molar-refractivity contribution in [2.45, 2.75) is 19.8 Å². The quantitative estimate of drug-likeness (QED) is 0.664. The van der Waals surface area contributed by atoms with E-state index in [1.807, 2.05) is 19.1 Å². The molecule has 0 aromatic heterocycles. The van der Waals surface area contributed by atoms with Gasteiger partial charge in [-0.15, -0.1) is 0 Å². The molecule has 0 bridgehead atoms. The summed E-state index contributed by atoms with van der Waals surface area (Å²) in [5, 5.41) is 1.25. The molecule has 2 aromatic carbocycles. The molecule has 154 valence electrons. The number of imide groups is 1. The van der Waals surface area contributed by atoms with Crippen LogP contribution in [0.5, 0.6) is 0 Å². The number of carbonyl (C=O) groups excluding carboxylic acids is 3. The van der Waals surface area contributed by atoms with E-state index < -0.39 is 0 Å². The van der Waals surface area contributed by atoms with E-state index in [4.69, 9.17) is 11.6 Å². The Kier molecular flexibility index (Phi) is 5.92. The third kappa shape index (κ3) is 4.00. The average molecular weight is 442 g/mol. The Morgan fingerprint density at radius 2 is 1.83 bits per heavy atom.